The first-order chi connectivity index (χ1) is 12.2. The van der Waals surface area contributed by atoms with E-state index in [2.05, 4.69) is 4.98 Å². The van der Waals surface area contributed by atoms with Crippen molar-refractivity contribution in [2.24, 2.45) is 0 Å². The molecule has 0 bridgehead atoms. The Labute approximate surface area is 144 Å². The largest absolute Gasteiger partial charge is 0.478 e. The summed E-state index contributed by atoms with van der Waals surface area (Å²) in [6, 6.07) is 2.01. The van der Waals surface area contributed by atoms with Crippen molar-refractivity contribution in [2.45, 2.75) is 13.0 Å². The molecule has 0 aliphatic carbocycles. The van der Waals surface area contributed by atoms with E-state index in [4.69, 9.17) is 9.84 Å². The van der Waals surface area contributed by atoms with Crippen LogP contribution in [0.25, 0.3) is 0 Å². The number of imidazole rings is 1. The molecule has 0 aliphatic rings. The molecule has 1 aromatic carbocycles. The number of nitro benzene ring substituents is 1. The molecule has 0 saturated carbocycles. The number of carbonyl (C=O) groups excluding carboxylic acids is 1. The predicted molar refractivity (Wildman–Crippen MR) is 83.9 cm³/mol. The van der Waals surface area contributed by atoms with E-state index >= 15 is 0 Å². The van der Waals surface area contributed by atoms with E-state index in [1.54, 1.807) is 0 Å². The number of benzene rings is 1. The highest BCUT2D eigenvalue weighted by Crippen LogP contribution is 2.20. The van der Waals surface area contributed by atoms with E-state index in [0.717, 1.165) is 24.4 Å². The van der Waals surface area contributed by atoms with Gasteiger partial charge in [-0.2, -0.15) is 0 Å². The summed E-state index contributed by atoms with van der Waals surface area (Å²) in [5, 5.41) is 30.7. The SMILES string of the molecule is CC(COC(=O)c1cc(C(=O)O)cc([N+](=O)[O-])c1)n1cncc1[N+](=O)[O-]. The van der Waals surface area contributed by atoms with E-state index in [-0.39, 0.29) is 18.0 Å². The van der Waals surface area contributed by atoms with Crippen LogP contribution < -0.4 is 0 Å². The average Bonchev–Trinajstić information content (AvgIpc) is 3.08. The predicted octanol–water partition coefficient (Wildman–Crippen LogP) is 1.82. The van der Waals surface area contributed by atoms with Gasteiger partial charge in [-0.05, 0) is 17.9 Å². The number of hydrogen-bond donors (Lipinski definition) is 1. The van der Waals surface area contributed by atoms with Crippen molar-refractivity contribution in [1.82, 2.24) is 9.55 Å². The number of rotatable bonds is 7. The number of non-ortho nitro benzene ring substituents is 1. The zero-order valence-corrected chi connectivity index (χ0v) is 13.3. The summed E-state index contributed by atoms with van der Waals surface area (Å²) in [6.45, 7) is 1.25. The van der Waals surface area contributed by atoms with Gasteiger partial charge in [-0.1, -0.05) is 0 Å². The lowest BCUT2D eigenvalue weighted by Gasteiger charge is -2.11. The second kappa shape index (κ2) is 7.38. The molecule has 0 fully saturated rings. The fraction of sp³-hybridized carbons (Fsp3) is 0.214. The molecule has 12 heteroatoms. The number of carboxylic acids is 1. The van der Waals surface area contributed by atoms with E-state index in [1.807, 2.05) is 0 Å². The summed E-state index contributed by atoms with van der Waals surface area (Å²) in [6.07, 6.45) is 2.24. The molecule has 1 heterocycles. The number of esters is 1. The van der Waals surface area contributed by atoms with Crippen LogP contribution in [0.4, 0.5) is 11.5 Å². The van der Waals surface area contributed by atoms with Crippen LogP contribution >= 0.6 is 0 Å². The van der Waals surface area contributed by atoms with Gasteiger partial charge in [0, 0.05) is 12.1 Å². The van der Waals surface area contributed by atoms with Crippen LogP contribution in [0.5, 0.6) is 0 Å². The highest BCUT2D eigenvalue weighted by Gasteiger charge is 2.22. The van der Waals surface area contributed by atoms with Crippen LogP contribution in [0, 0.1) is 20.2 Å². The van der Waals surface area contributed by atoms with Gasteiger partial charge in [-0.3, -0.25) is 10.1 Å². The summed E-state index contributed by atoms with van der Waals surface area (Å²) in [5.41, 5.74) is -1.33. The molecule has 0 amide bonds. The van der Waals surface area contributed by atoms with Crippen LogP contribution in [-0.4, -0.2) is 43.0 Å². The van der Waals surface area contributed by atoms with Crippen LogP contribution in [0.1, 0.15) is 33.7 Å². The van der Waals surface area contributed by atoms with Crippen LogP contribution in [-0.2, 0) is 4.74 Å². The average molecular weight is 364 g/mol. The van der Waals surface area contributed by atoms with Crippen molar-refractivity contribution in [3.8, 4) is 0 Å². The molecule has 1 aromatic heterocycles. The molecule has 1 N–H and O–H groups in total. The molecular formula is C14H12N4O8. The summed E-state index contributed by atoms with van der Waals surface area (Å²) >= 11 is 0. The quantitative estimate of drug-likeness (QED) is 0.437. The third-order valence-corrected chi connectivity index (χ3v) is 3.37. The Morgan fingerprint density at radius 2 is 1.88 bits per heavy atom. The molecular weight excluding hydrogens is 352 g/mol. The minimum atomic E-state index is -1.44. The number of carboxylic acid groups (broad SMARTS) is 1. The van der Waals surface area contributed by atoms with Gasteiger partial charge in [-0.25, -0.2) is 19.1 Å². The highest BCUT2D eigenvalue weighted by molar-refractivity contribution is 5.95. The molecule has 2 rings (SSSR count). The van der Waals surface area contributed by atoms with Gasteiger partial charge < -0.3 is 20.0 Å². The first-order valence-electron chi connectivity index (χ1n) is 7.06. The summed E-state index contributed by atoms with van der Waals surface area (Å²) in [4.78, 5) is 47.0. The lowest BCUT2D eigenvalue weighted by Crippen LogP contribution is -2.17. The number of nitrogens with zero attached hydrogens (tertiary/aromatic N) is 4. The topological polar surface area (TPSA) is 168 Å². The van der Waals surface area contributed by atoms with Gasteiger partial charge in [0.05, 0.1) is 16.1 Å². The van der Waals surface area contributed by atoms with Gasteiger partial charge in [0.15, 0.2) is 6.33 Å². The molecule has 26 heavy (non-hydrogen) atoms. The highest BCUT2D eigenvalue weighted by atomic mass is 16.6. The normalized spacial score (nSPS) is 11.6. The molecule has 12 nitrogen and oxygen atoms in total. The third-order valence-electron chi connectivity index (χ3n) is 3.37. The molecule has 0 radical (unpaired) electrons. The van der Waals surface area contributed by atoms with Crippen molar-refractivity contribution in [1.29, 1.82) is 0 Å². The van der Waals surface area contributed by atoms with Gasteiger partial charge in [-0.15, -0.1) is 0 Å². The molecule has 1 atom stereocenters. The second-order valence-corrected chi connectivity index (χ2v) is 5.19. The Kier molecular flexibility index (Phi) is 5.25. The Balaban J connectivity index is 2.17. The van der Waals surface area contributed by atoms with Gasteiger partial charge in [0.2, 0.25) is 0 Å². The van der Waals surface area contributed by atoms with E-state index in [0.29, 0.717) is 0 Å². The second-order valence-electron chi connectivity index (χ2n) is 5.19. The summed E-state index contributed by atoms with van der Waals surface area (Å²) in [5.74, 6) is -2.73. The molecule has 0 saturated heterocycles. The van der Waals surface area contributed by atoms with Crippen molar-refractivity contribution >= 4 is 23.4 Å². The van der Waals surface area contributed by atoms with Crippen molar-refractivity contribution < 1.29 is 29.3 Å². The molecule has 136 valence electrons. The minimum absolute atomic E-state index is 0.291. The fourth-order valence-electron chi connectivity index (χ4n) is 2.10. The Morgan fingerprint density at radius 1 is 1.23 bits per heavy atom. The first kappa shape index (κ1) is 18.5. The maximum atomic E-state index is 12.1. The molecule has 0 spiro atoms. The van der Waals surface area contributed by atoms with Crippen molar-refractivity contribution in [2.75, 3.05) is 6.61 Å². The number of carbonyl (C=O) groups is 2. The van der Waals surface area contributed by atoms with E-state index in [9.17, 15) is 29.8 Å². The van der Waals surface area contributed by atoms with E-state index in [1.165, 1.54) is 17.8 Å². The Hall–Kier alpha value is -3.83. The number of ether oxygens (including phenoxy) is 1. The summed E-state index contributed by atoms with van der Waals surface area (Å²) < 4.78 is 6.18. The number of hydrogen-bond acceptors (Lipinski definition) is 8. The van der Waals surface area contributed by atoms with Crippen LogP contribution in [0.2, 0.25) is 0 Å². The lowest BCUT2D eigenvalue weighted by molar-refractivity contribution is -0.392. The summed E-state index contributed by atoms with van der Waals surface area (Å²) in [7, 11) is 0. The van der Waals surface area contributed by atoms with Crippen molar-refractivity contribution in [3.05, 3.63) is 62.1 Å². The van der Waals surface area contributed by atoms with Crippen LogP contribution in [0.15, 0.2) is 30.7 Å². The zero-order chi connectivity index (χ0) is 19.4. The van der Waals surface area contributed by atoms with Gasteiger partial charge in [0.1, 0.15) is 18.8 Å². The van der Waals surface area contributed by atoms with Crippen LogP contribution in [0.3, 0.4) is 0 Å². The van der Waals surface area contributed by atoms with Gasteiger partial charge >= 0.3 is 17.8 Å². The zero-order valence-electron chi connectivity index (χ0n) is 13.3. The number of nitro groups is 2. The number of aromatic nitrogens is 2. The molecule has 1 unspecified atom stereocenters. The van der Waals surface area contributed by atoms with Crippen molar-refractivity contribution in [3.63, 3.8) is 0 Å². The molecule has 2 aromatic rings. The lowest BCUT2D eigenvalue weighted by atomic mass is 10.1. The smallest absolute Gasteiger partial charge is 0.342 e. The fourth-order valence-corrected chi connectivity index (χ4v) is 2.10. The third kappa shape index (κ3) is 3.98. The standard InChI is InChI=1S/C14H12N4O8/c1-8(16-7-15-5-12(16)18(24)25)6-26-14(21)10-2-9(13(19)20)3-11(4-10)17(22)23/h2-5,7-8H,6H2,1H3,(H,19,20). The van der Waals surface area contributed by atoms with Gasteiger partial charge in [0.25, 0.3) is 5.69 Å². The molecule has 0 aliphatic heterocycles. The first-order valence-corrected chi connectivity index (χ1v) is 7.06. The maximum absolute atomic E-state index is 12.1. The monoisotopic (exact) mass is 364 g/mol. The maximum Gasteiger partial charge on any atom is 0.342 e. The van der Waals surface area contributed by atoms with E-state index < -0.39 is 39.1 Å². The Morgan fingerprint density at radius 3 is 2.46 bits per heavy atom. The minimum Gasteiger partial charge on any atom is -0.478 e. The Bertz CT molecular complexity index is 859. The number of aromatic carboxylic acids is 1.